The first-order valence-electron chi connectivity index (χ1n) is 6.20. The van der Waals surface area contributed by atoms with Crippen LogP contribution in [-0.2, 0) is 0 Å². The molecule has 0 aliphatic carbocycles. The number of rotatable bonds is 4. The summed E-state index contributed by atoms with van der Waals surface area (Å²) < 4.78 is 6.10. The van der Waals surface area contributed by atoms with Crippen molar-refractivity contribution in [2.24, 2.45) is 0 Å². The molecule has 1 unspecified atom stereocenters. The molecule has 0 amide bonds. The number of ether oxygens (including phenoxy) is 1. The summed E-state index contributed by atoms with van der Waals surface area (Å²) in [6, 6.07) is 15.4. The van der Waals surface area contributed by atoms with Gasteiger partial charge in [-0.25, -0.2) is 0 Å². The third-order valence-corrected chi connectivity index (χ3v) is 3.69. The van der Waals surface area contributed by atoms with E-state index in [1.165, 1.54) is 0 Å². The number of aryl methyl sites for hydroxylation is 1. The van der Waals surface area contributed by atoms with E-state index in [9.17, 15) is 5.26 Å². The standard InChI is InChI=1S/C16H15BrN2O/c1-11-4-3-5-12(8-11)19-16(10-18)14-9-13(20-2)6-7-15(14)17/h3-9,16,19H,1-2H3. The molecule has 3 nitrogen and oxygen atoms in total. The van der Waals surface area contributed by atoms with E-state index in [4.69, 9.17) is 4.74 Å². The molecule has 0 spiro atoms. The van der Waals surface area contributed by atoms with Crippen molar-refractivity contribution >= 4 is 21.6 Å². The molecule has 2 aromatic rings. The molecule has 0 aliphatic heterocycles. The van der Waals surface area contributed by atoms with Gasteiger partial charge in [-0.1, -0.05) is 28.1 Å². The molecule has 0 saturated heterocycles. The predicted octanol–water partition coefficient (Wildman–Crippen LogP) is 4.44. The predicted molar refractivity (Wildman–Crippen MR) is 83.8 cm³/mol. The van der Waals surface area contributed by atoms with Gasteiger partial charge < -0.3 is 10.1 Å². The van der Waals surface area contributed by atoms with Crippen LogP contribution in [0.1, 0.15) is 17.2 Å². The van der Waals surface area contributed by atoms with Crippen molar-refractivity contribution in [1.29, 1.82) is 5.26 Å². The van der Waals surface area contributed by atoms with Gasteiger partial charge in [-0.05, 0) is 42.8 Å². The first-order valence-corrected chi connectivity index (χ1v) is 6.99. The summed E-state index contributed by atoms with van der Waals surface area (Å²) >= 11 is 3.48. The molecule has 0 bridgehead atoms. The van der Waals surface area contributed by atoms with Crippen molar-refractivity contribution in [3.05, 3.63) is 58.1 Å². The molecule has 0 fully saturated rings. The maximum atomic E-state index is 9.42. The van der Waals surface area contributed by atoms with Crippen molar-refractivity contribution in [2.75, 3.05) is 12.4 Å². The topological polar surface area (TPSA) is 45.0 Å². The fourth-order valence-corrected chi connectivity index (χ4v) is 2.43. The second-order valence-electron chi connectivity index (χ2n) is 4.46. The highest BCUT2D eigenvalue weighted by Gasteiger charge is 2.15. The van der Waals surface area contributed by atoms with Gasteiger partial charge in [-0.3, -0.25) is 0 Å². The molecule has 0 heterocycles. The van der Waals surface area contributed by atoms with Gasteiger partial charge in [0.2, 0.25) is 0 Å². The van der Waals surface area contributed by atoms with Crippen LogP contribution in [0.25, 0.3) is 0 Å². The molecule has 1 N–H and O–H groups in total. The fraction of sp³-hybridized carbons (Fsp3) is 0.188. The number of anilines is 1. The molecule has 2 rings (SSSR count). The summed E-state index contributed by atoms with van der Waals surface area (Å²) in [5.41, 5.74) is 2.93. The van der Waals surface area contributed by atoms with E-state index in [1.54, 1.807) is 7.11 Å². The van der Waals surface area contributed by atoms with Crippen LogP contribution < -0.4 is 10.1 Å². The molecule has 0 saturated carbocycles. The maximum absolute atomic E-state index is 9.42. The van der Waals surface area contributed by atoms with E-state index in [0.29, 0.717) is 0 Å². The van der Waals surface area contributed by atoms with Gasteiger partial charge in [0.15, 0.2) is 0 Å². The van der Waals surface area contributed by atoms with Crippen LogP contribution in [0.4, 0.5) is 5.69 Å². The minimum atomic E-state index is -0.443. The van der Waals surface area contributed by atoms with E-state index in [1.807, 2.05) is 49.4 Å². The number of halogens is 1. The number of nitriles is 1. The number of benzene rings is 2. The van der Waals surface area contributed by atoms with Crippen LogP contribution in [-0.4, -0.2) is 7.11 Å². The van der Waals surface area contributed by atoms with E-state index in [0.717, 1.165) is 27.0 Å². The summed E-state index contributed by atoms with van der Waals surface area (Å²) in [4.78, 5) is 0. The molecule has 4 heteroatoms. The van der Waals surface area contributed by atoms with Crippen molar-refractivity contribution in [2.45, 2.75) is 13.0 Å². The Balaban J connectivity index is 2.31. The lowest BCUT2D eigenvalue weighted by molar-refractivity contribution is 0.414. The minimum absolute atomic E-state index is 0.443. The fourth-order valence-electron chi connectivity index (χ4n) is 1.95. The van der Waals surface area contributed by atoms with Gasteiger partial charge in [0, 0.05) is 15.7 Å². The number of methoxy groups -OCH3 is 1. The zero-order valence-corrected chi connectivity index (χ0v) is 12.9. The van der Waals surface area contributed by atoms with E-state index in [2.05, 4.69) is 27.3 Å². The smallest absolute Gasteiger partial charge is 0.141 e. The minimum Gasteiger partial charge on any atom is -0.497 e. The number of hydrogen-bond donors (Lipinski definition) is 1. The van der Waals surface area contributed by atoms with Gasteiger partial charge in [0.25, 0.3) is 0 Å². The number of nitrogens with zero attached hydrogens (tertiary/aromatic N) is 1. The molecular formula is C16H15BrN2O. The van der Waals surface area contributed by atoms with E-state index < -0.39 is 6.04 Å². The second kappa shape index (κ2) is 6.44. The first-order chi connectivity index (χ1) is 9.63. The summed E-state index contributed by atoms with van der Waals surface area (Å²) in [7, 11) is 1.61. The highest BCUT2D eigenvalue weighted by molar-refractivity contribution is 9.10. The van der Waals surface area contributed by atoms with Crippen LogP contribution in [0.15, 0.2) is 46.9 Å². The number of nitrogens with one attached hydrogen (secondary N) is 1. The molecule has 2 aromatic carbocycles. The zero-order valence-electron chi connectivity index (χ0n) is 11.4. The van der Waals surface area contributed by atoms with Crippen LogP contribution in [0, 0.1) is 18.3 Å². The third-order valence-electron chi connectivity index (χ3n) is 2.97. The Kier molecular flexibility index (Phi) is 4.65. The Morgan fingerprint density at radius 3 is 2.70 bits per heavy atom. The highest BCUT2D eigenvalue weighted by Crippen LogP contribution is 2.29. The SMILES string of the molecule is COc1ccc(Br)c(C(C#N)Nc2cccc(C)c2)c1. The summed E-state index contributed by atoms with van der Waals surface area (Å²) in [5, 5.41) is 12.7. The molecular weight excluding hydrogens is 316 g/mol. The quantitative estimate of drug-likeness (QED) is 0.901. The Morgan fingerprint density at radius 2 is 2.05 bits per heavy atom. The first kappa shape index (κ1) is 14.4. The summed E-state index contributed by atoms with van der Waals surface area (Å²) in [6.45, 7) is 2.02. The van der Waals surface area contributed by atoms with Crippen LogP contribution in [0.3, 0.4) is 0 Å². The van der Waals surface area contributed by atoms with Gasteiger partial charge in [0.1, 0.15) is 11.8 Å². The largest absolute Gasteiger partial charge is 0.497 e. The van der Waals surface area contributed by atoms with Crippen LogP contribution >= 0.6 is 15.9 Å². The average Bonchev–Trinajstić information content (AvgIpc) is 2.46. The molecule has 0 radical (unpaired) electrons. The van der Waals surface area contributed by atoms with Crippen LogP contribution in [0.2, 0.25) is 0 Å². The summed E-state index contributed by atoms with van der Waals surface area (Å²) in [6.07, 6.45) is 0. The molecule has 1 atom stereocenters. The second-order valence-corrected chi connectivity index (χ2v) is 5.32. The third kappa shape index (κ3) is 3.31. The summed E-state index contributed by atoms with van der Waals surface area (Å²) in [5.74, 6) is 0.731. The van der Waals surface area contributed by atoms with Gasteiger partial charge in [-0.15, -0.1) is 0 Å². The maximum Gasteiger partial charge on any atom is 0.141 e. The molecule has 0 aromatic heterocycles. The van der Waals surface area contributed by atoms with Gasteiger partial charge in [0.05, 0.1) is 13.2 Å². The lowest BCUT2D eigenvalue weighted by Gasteiger charge is -2.16. The van der Waals surface area contributed by atoms with Gasteiger partial charge >= 0.3 is 0 Å². The van der Waals surface area contributed by atoms with Crippen LogP contribution in [0.5, 0.6) is 5.75 Å². The lowest BCUT2D eigenvalue weighted by atomic mass is 10.1. The monoisotopic (exact) mass is 330 g/mol. The Labute approximate surface area is 127 Å². The Hall–Kier alpha value is -1.99. The number of hydrogen-bond acceptors (Lipinski definition) is 3. The van der Waals surface area contributed by atoms with Crippen molar-refractivity contribution < 1.29 is 4.74 Å². The Bertz CT molecular complexity index is 649. The van der Waals surface area contributed by atoms with Crippen molar-refractivity contribution in [3.8, 4) is 11.8 Å². The normalized spacial score (nSPS) is 11.5. The average molecular weight is 331 g/mol. The van der Waals surface area contributed by atoms with Gasteiger partial charge in [-0.2, -0.15) is 5.26 Å². The van der Waals surface area contributed by atoms with Crippen molar-refractivity contribution in [1.82, 2.24) is 0 Å². The van der Waals surface area contributed by atoms with E-state index in [-0.39, 0.29) is 0 Å². The Morgan fingerprint density at radius 1 is 1.25 bits per heavy atom. The van der Waals surface area contributed by atoms with E-state index >= 15 is 0 Å². The molecule has 102 valence electrons. The highest BCUT2D eigenvalue weighted by atomic mass is 79.9. The molecule has 0 aliphatic rings. The van der Waals surface area contributed by atoms with Crippen molar-refractivity contribution in [3.63, 3.8) is 0 Å². The molecule has 20 heavy (non-hydrogen) atoms. The lowest BCUT2D eigenvalue weighted by Crippen LogP contribution is -2.09. The zero-order chi connectivity index (χ0) is 14.5.